The van der Waals surface area contributed by atoms with Gasteiger partial charge in [0, 0.05) is 36.1 Å². The molecule has 2 rings (SSSR count). The van der Waals surface area contributed by atoms with Crippen LogP contribution in [0.25, 0.3) is 0 Å². The first-order valence-corrected chi connectivity index (χ1v) is 7.17. The maximum absolute atomic E-state index is 12.6. The monoisotopic (exact) mass is 362 g/mol. The van der Waals surface area contributed by atoms with E-state index in [0.717, 1.165) is 5.56 Å². The number of anilines is 1. The number of nitrogens with zero attached hydrogens (tertiary/aromatic N) is 2. The van der Waals surface area contributed by atoms with Crippen LogP contribution in [0.15, 0.2) is 22.7 Å². The average molecular weight is 363 g/mol. The number of hydrogen-bond acceptors (Lipinski definition) is 3. The number of piperazine rings is 1. The van der Waals surface area contributed by atoms with Gasteiger partial charge in [-0.15, -0.1) is 0 Å². The van der Waals surface area contributed by atoms with Gasteiger partial charge < -0.3 is 14.5 Å². The van der Waals surface area contributed by atoms with Gasteiger partial charge in [-0.1, -0.05) is 22.0 Å². The Morgan fingerprint density at radius 2 is 1.90 bits per heavy atom. The summed E-state index contributed by atoms with van der Waals surface area (Å²) in [5, 5.41) is 0. The van der Waals surface area contributed by atoms with Crippen LogP contribution in [-0.4, -0.2) is 42.6 Å². The van der Waals surface area contributed by atoms with Crippen molar-refractivity contribution >= 4 is 27.7 Å². The molecule has 0 N–H and O–H groups in total. The molecule has 0 saturated carbocycles. The highest BCUT2D eigenvalue weighted by Crippen LogP contribution is 2.24. The van der Waals surface area contributed by atoms with Gasteiger partial charge in [0.25, 0.3) is 0 Å². The van der Waals surface area contributed by atoms with Crippen molar-refractivity contribution in [2.45, 2.75) is 33.3 Å². The van der Waals surface area contributed by atoms with Crippen LogP contribution in [0.4, 0.5) is 10.5 Å². The Balaban J connectivity index is 2.72. The highest BCUT2D eigenvalue weighted by atomic mass is 79.9. The summed E-state index contributed by atoms with van der Waals surface area (Å²) in [6.07, 6.45) is -1.50. The van der Waals surface area contributed by atoms with Crippen molar-refractivity contribution in [3.8, 4) is 0 Å². The highest BCUT2D eigenvalue weighted by Gasteiger charge is 2.25. The number of rotatable bonds is 1. The Morgan fingerprint density at radius 1 is 1.29 bits per heavy atom. The van der Waals surface area contributed by atoms with E-state index in [1.54, 1.807) is 13.0 Å². The molecule has 1 fully saturated rings. The molecular formula is C16H23BrN2O2. The normalized spacial score (nSPS) is 31.3. The molecule has 0 aromatic heterocycles. The minimum atomic E-state index is -3.28. The van der Waals surface area contributed by atoms with E-state index in [1.807, 2.05) is 0 Å². The van der Waals surface area contributed by atoms with Crippen LogP contribution >= 0.6 is 15.9 Å². The molecule has 1 aliphatic heterocycles. The lowest BCUT2D eigenvalue weighted by Crippen LogP contribution is -2.50. The lowest BCUT2D eigenvalue weighted by molar-refractivity contribution is 0.0240. The van der Waals surface area contributed by atoms with E-state index < -0.39 is 37.7 Å². The molecule has 21 heavy (non-hydrogen) atoms. The number of ether oxygens (including phenoxy) is 1. The molecule has 5 heteroatoms. The fourth-order valence-electron chi connectivity index (χ4n) is 1.50. The van der Waals surface area contributed by atoms with Crippen molar-refractivity contribution in [3.63, 3.8) is 0 Å². The standard InChI is InChI=1S/C16H23BrN2O2/c1-12-5-6-13(11-14(12)17)18-7-9-19(10-8-18)15(20)21-16(2,3)4/h5-6,11H,7-10H2,1-4H3/i7D2,8D2,9D2,10D2. The van der Waals surface area contributed by atoms with Crippen LogP contribution in [0, 0.1) is 6.92 Å². The van der Waals surface area contributed by atoms with Crippen LogP contribution in [0.5, 0.6) is 0 Å². The third-order valence-electron chi connectivity index (χ3n) is 2.54. The zero-order valence-corrected chi connectivity index (χ0v) is 13.9. The minimum Gasteiger partial charge on any atom is -0.444 e. The SMILES string of the molecule is [2H]C1([2H])N(C(=O)OC(C)(C)C)C([2H])([2H])C([2H])([2H])N(c2ccc(C)c(Br)c2)C1([2H])[2H]. The van der Waals surface area contributed by atoms with Gasteiger partial charge in [0.05, 0.1) is 11.0 Å². The summed E-state index contributed by atoms with van der Waals surface area (Å²) < 4.78 is 72.3. The molecule has 0 unspecified atom stereocenters. The highest BCUT2D eigenvalue weighted by molar-refractivity contribution is 9.10. The molecule has 4 nitrogen and oxygen atoms in total. The van der Waals surface area contributed by atoms with Crippen LogP contribution < -0.4 is 4.90 Å². The first-order valence-electron chi connectivity index (χ1n) is 10.4. The van der Waals surface area contributed by atoms with Crippen molar-refractivity contribution in [3.05, 3.63) is 28.2 Å². The second-order valence-corrected chi connectivity index (χ2v) is 6.39. The van der Waals surface area contributed by atoms with Gasteiger partial charge in [0.15, 0.2) is 0 Å². The van der Waals surface area contributed by atoms with Gasteiger partial charge in [-0.3, -0.25) is 0 Å². The smallest absolute Gasteiger partial charge is 0.410 e. The molecule has 1 heterocycles. The summed E-state index contributed by atoms with van der Waals surface area (Å²) in [7, 11) is 0. The Kier molecular flexibility index (Phi) is 2.51. The molecular weight excluding hydrogens is 332 g/mol. The second-order valence-electron chi connectivity index (χ2n) is 5.53. The Morgan fingerprint density at radius 3 is 2.43 bits per heavy atom. The first-order chi connectivity index (χ1) is 12.8. The van der Waals surface area contributed by atoms with Crippen LogP contribution in [-0.2, 0) is 4.74 Å². The van der Waals surface area contributed by atoms with E-state index in [1.165, 1.54) is 32.9 Å². The van der Waals surface area contributed by atoms with E-state index in [2.05, 4.69) is 15.9 Å². The predicted octanol–water partition coefficient (Wildman–Crippen LogP) is 3.81. The first kappa shape index (κ1) is 8.42. The van der Waals surface area contributed by atoms with E-state index in [0.29, 0.717) is 9.37 Å². The summed E-state index contributed by atoms with van der Waals surface area (Å²) in [5.41, 5.74) is -0.441. The molecule has 1 aromatic rings. The van der Waals surface area contributed by atoms with E-state index in [-0.39, 0.29) is 10.6 Å². The molecule has 0 atom stereocenters. The summed E-state index contributed by atoms with van der Waals surface area (Å²) in [6, 6.07) is 4.31. The maximum Gasteiger partial charge on any atom is 0.410 e. The van der Waals surface area contributed by atoms with Gasteiger partial charge >= 0.3 is 6.09 Å². The summed E-state index contributed by atoms with van der Waals surface area (Å²) in [4.78, 5) is 12.9. The minimum absolute atomic E-state index is 0.0888. The number of aryl methyl sites for hydroxylation is 1. The number of amides is 1. The predicted molar refractivity (Wildman–Crippen MR) is 88.9 cm³/mol. The van der Waals surface area contributed by atoms with Crippen LogP contribution in [0.2, 0.25) is 0 Å². The maximum atomic E-state index is 12.6. The van der Waals surface area contributed by atoms with E-state index >= 15 is 0 Å². The Hall–Kier alpha value is -1.23. The number of hydrogen-bond donors (Lipinski definition) is 0. The number of carbonyl (C=O) groups excluding carboxylic acids is 1. The molecule has 0 radical (unpaired) electrons. The van der Waals surface area contributed by atoms with E-state index in [4.69, 9.17) is 15.7 Å². The van der Waals surface area contributed by atoms with Crippen LogP contribution in [0.3, 0.4) is 0 Å². The summed E-state index contributed by atoms with van der Waals surface area (Å²) in [6.45, 7) is -6.63. The van der Waals surface area contributed by atoms with Crippen molar-refractivity contribution in [1.82, 2.24) is 4.90 Å². The molecule has 1 aliphatic rings. The molecule has 0 aliphatic carbocycles. The van der Waals surface area contributed by atoms with Crippen molar-refractivity contribution in [2.24, 2.45) is 0 Å². The van der Waals surface area contributed by atoms with Gasteiger partial charge in [-0.05, 0) is 45.4 Å². The molecule has 0 bridgehead atoms. The number of carbonyl (C=O) groups is 1. The molecule has 1 amide bonds. The third-order valence-corrected chi connectivity index (χ3v) is 3.39. The van der Waals surface area contributed by atoms with Crippen LogP contribution in [0.1, 0.15) is 37.3 Å². The zero-order valence-electron chi connectivity index (χ0n) is 20.3. The fraction of sp³-hybridized carbons (Fsp3) is 0.562. The molecule has 0 spiro atoms. The Bertz CT molecular complexity index is 798. The molecule has 1 aromatic carbocycles. The van der Waals surface area contributed by atoms with Crippen molar-refractivity contribution in [2.75, 3.05) is 30.9 Å². The summed E-state index contributed by atoms with van der Waals surface area (Å²) >= 11 is 3.27. The van der Waals surface area contributed by atoms with Gasteiger partial charge in [0.2, 0.25) is 0 Å². The number of benzene rings is 1. The fourth-order valence-corrected chi connectivity index (χ4v) is 1.87. The lowest BCUT2D eigenvalue weighted by atomic mass is 10.2. The van der Waals surface area contributed by atoms with Gasteiger partial charge in [-0.2, -0.15) is 0 Å². The Labute approximate surface area is 146 Å². The van der Waals surface area contributed by atoms with Crippen molar-refractivity contribution in [1.29, 1.82) is 0 Å². The topological polar surface area (TPSA) is 32.8 Å². The second kappa shape index (κ2) is 6.26. The quantitative estimate of drug-likeness (QED) is 0.761. The summed E-state index contributed by atoms with van der Waals surface area (Å²) in [5.74, 6) is 0. The molecule has 116 valence electrons. The van der Waals surface area contributed by atoms with Gasteiger partial charge in [-0.25, -0.2) is 4.79 Å². The lowest BCUT2D eigenvalue weighted by Gasteiger charge is -2.36. The average Bonchev–Trinajstić information content (AvgIpc) is 2.46. The van der Waals surface area contributed by atoms with Crippen molar-refractivity contribution < 1.29 is 20.5 Å². The third kappa shape index (κ3) is 4.37. The van der Waals surface area contributed by atoms with E-state index in [9.17, 15) is 4.79 Å². The largest absolute Gasteiger partial charge is 0.444 e. The zero-order chi connectivity index (χ0) is 22.8. The number of halogens is 1. The van der Waals surface area contributed by atoms with Gasteiger partial charge in [0.1, 0.15) is 5.60 Å². The molecule has 1 saturated heterocycles.